The van der Waals surface area contributed by atoms with Crippen molar-refractivity contribution in [2.24, 2.45) is 0 Å². The van der Waals surface area contributed by atoms with Crippen molar-refractivity contribution in [3.63, 3.8) is 0 Å². The lowest BCUT2D eigenvalue weighted by atomic mass is 9.95. The molecule has 0 amide bonds. The maximum absolute atomic E-state index is 10.8. The predicted octanol–water partition coefficient (Wildman–Crippen LogP) is 14.2. The Morgan fingerprint density at radius 3 is 1.20 bits per heavy atom. The van der Waals surface area contributed by atoms with Gasteiger partial charge in [0.1, 0.15) is 28.7 Å². The molecule has 0 heterocycles. The zero-order valence-corrected chi connectivity index (χ0v) is 44.7. The van der Waals surface area contributed by atoms with Gasteiger partial charge < -0.3 is 60.9 Å². The Bertz CT molecular complexity index is 3190. The van der Waals surface area contributed by atoms with Crippen molar-refractivity contribution in [3.8, 4) is 63.2 Å². The van der Waals surface area contributed by atoms with Gasteiger partial charge in [0.15, 0.2) is 34.5 Å². The molecule has 400 valence electrons. The third-order valence-electron chi connectivity index (χ3n) is 11.7. The lowest BCUT2D eigenvalue weighted by Crippen LogP contribution is -1.97. The van der Waals surface area contributed by atoms with Crippen molar-refractivity contribution < 1.29 is 60.9 Å². The molecular weight excluding hydrogens is 961 g/mol. The van der Waals surface area contributed by atoms with E-state index in [0.29, 0.717) is 70.4 Å². The van der Waals surface area contributed by atoms with Gasteiger partial charge in [0.25, 0.3) is 0 Å². The van der Waals surface area contributed by atoms with E-state index in [1.165, 1.54) is 43.0 Å². The average molecular weight is 1030 g/mol. The Hall–Kier alpha value is -8.74. The molecule has 0 saturated carbocycles. The Morgan fingerprint density at radius 2 is 0.750 bits per heavy atom. The van der Waals surface area contributed by atoms with E-state index in [1.54, 1.807) is 78.9 Å². The highest BCUT2D eigenvalue weighted by molar-refractivity contribution is 5.77. The number of ether oxygens (including phenoxy) is 1. The summed E-state index contributed by atoms with van der Waals surface area (Å²) in [6, 6.07) is 21.9. The van der Waals surface area contributed by atoms with E-state index in [-0.39, 0.29) is 64.1 Å². The lowest BCUT2D eigenvalue weighted by Gasteiger charge is -2.14. The molecule has 0 unspecified atom stereocenters. The fourth-order valence-corrected chi connectivity index (χ4v) is 7.51. The molecule has 0 saturated heterocycles. The number of benzene rings is 6. The predicted molar refractivity (Wildman–Crippen MR) is 307 cm³/mol. The number of methoxy groups -OCH3 is 1. The van der Waals surface area contributed by atoms with Crippen LogP contribution in [0.25, 0.3) is 36.5 Å². The third kappa shape index (κ3) is 18.3. The van der Waals surface area contributed by atoms with Gasteiger partial charge in [-0.1, -0.05) is 101 Å². The van der Waals surface area contributed by atoms with Crippen LogP contribution < -0.4 is 4.74 Å². The van der Waals surface area contributed by atoms with Crippen LogP contribution in [0, 0.1) is 0 Å². The summed E-state index contributed by atoms with van der Waals surface area (Å²) in [5.41, 5.74) is 12.7. The molecule has 0 radical (unpaired) electrons. The highest BCUT2D eigenvalue weighted by Crippen LogP contribution is 2.37. The van der Waals surface area contributed by atoms with Crippen molar-refractivity contribution in [2.45, 2.75) is 87.7 Å². The van der Waals surface area contributed by atoms with Crippen LogP contribution in [0.5, 0.6) is 63.2 Å². The molecule has 6 rings (SSSR count). The second-order valence-corrected chi connectivity index (χ2v) is 19.0. The first-order chi connectivity index (χ1) is 36.0. The second kappa shape index (κ2) is 28.6. The van der Waals surface area contributed by atoms with Crippen molar-refractivity contribution in [3.05, 3.63) is 193 Å². The van der Waals surface area contributed by atoms with Gasteiger partial charge >= 0.3 is 0 Å². The Labute approximate surface area is 446 Å². The second-order valence-electron chi connectivity index (χ2n) is 19.0. The normalized spacial score (nSPS) is 10.9. The molecule has 6 aromatic rings. The molecule has 0 aliphatic heterocycles. The van der Waals surface area contributed by atoms with Gasteiger partial charge in [-0.2, -0.15) is 0 Å². The van der Waals surface area contributed by atoms with Gasteiger partial charge in [0.2, 0.25) is 0 Å². The van der Waals surface area contributed by atoms with Gasteiger partial charge in [-0.25, -0.2) is 0 Å². The minimum Gasteiger partial charge on any atom is -0.508 e. The smallest absolute Gasteiger partial charge is 0.161 e. The summed E-state index contributed by atoms with van der Waals surface area (Å²) in [6.07, 6.45) is 21.1. The summed E-state index contributed by atoms with van der Waals surface area (Å²) in [5.74, 6) is 0.0161. The number of phenolic OH excluding ortho intramolecular Hbond substituents is 10. The number of hydrogen-bond acceptors (Lipinski definition) is 12. The third-order valence-corrected chi connectivity index (χ3v) is 11.7. The number of aliphatic hydroxyl groups is 1. The molecule has 12 nitrogen and oxygen atoms in total. The number of aromatic hydroxyl groups is 10. The zero-order chi connectivity index (χ0) is 56.2. The summed E-state index contributed by atoms with van der Waals surface area (Å²) in [4.78, 5) is 0. The van der Waals surface area contributed by atoms with E-state index >= 15 is 0 Å². The van der Waals surface area contributed by atoms with E-state index in [0.717, 1.165) is 39.0 Å². The summed E-state index contributed by atoms with van der Waals surface area (Å²) in [5, 5.41) is 108. The molecule has 0 aliphatic carbocycles. The van der Waals surface area contributed by atoms with Crippen molar-refractivity contribution in [2.75, 3.05) is 7.11 Å². The molecule has 0 atom stereocenters. The number of hydrogen-bond donors (Lipinski definition) is 11. The minimum atomic E-state index is -0.199. The lowest BCUT2D eigenvalue weighted by molar-refractivity contribution is 0.280. The van der Waals surface area contributed by atoms with Crippen LogP contribution >= 0.6 is 0 Å². The van der Waals surface area contributed by atoms with Gasteiger partial charge in [0, 0.05) is 22.8 Å². The van der Waals surface area contributed by atoms with Crippen molar-refractivity contribution in [1.29, 1.82) is 0 Å². The van der Waals surface area contributed by atoms with E-state index in [9.17, 15) is 56.2 Å². The molecule has 0 aliphatic rings. The van der Waals surface area contributed by atoms with E-state index < -0.39 is 0 Å². The fourth-order valence-electron chi connectivity index (χ4n) is 7.51. The first-order valence-electron chi connectivity index (χ1n) is 24.6. The Kier molecular flexibility index (Phi) is 22.5. The van der Waals surface area contributed by atoms with Crippen LogP contribution in [0.1, 0.15) is 117 Å². The molecule has 76 heavy (non-hydrogen) atoms. The maximum atomic E-state index is 10.8. The molecule has 0 fully saturated rings. The maximum Gasteiger partial charge on any atom is 0.161 e. The minimum absolute atomic E-state index is 0.0170. The van der Waals surface area contributed by atoms with Gasteiger partial charge in [0.05, 0.1) is 13.7 Å². The largest absolute Gasteiger partial charge is 0.508 e. The summed E-state index contributed by atoms with van der Waals surface area (Å²) in [6.45, 7) is 15.8. The monoisotopic (exact) mass is 1030 g/mol. The SMILES string of the molecule is CC(C)=CCc1c(O)cc(/C=C/c2ccc(O)c(O)c2)c(CC=C(C)C)c1O.CC(C)=CCc1c(O)cc(O)cc1/C=C/c1ccc(O)c(O)c1.COc1cc(/C=C/c2cc(O)cc(CO)c2CC=C(C)C)ccc1O. The molecule has 12 heteroatoms. The van der Waals surface area contributed by atoms with Gasteiger partial charge in [-0.05, 0) is 186 Å². The topological polar surface area (TPSA) is 232 Å². The molecule has 6 aromatic carbocycles. The van der Waals surface area contributed by atoms with Crippen LogP contribution in [-0.4, -0.2) is 63.3 Å². The van der Waals surface area contributed by atoms with E-state index in [1.807, 2.05) is 85.8 Å². The van der Waals surface area contributed by atoms with E-state index in [4.69, 9.17) is 4.74 Å². The quantitative estimate of drug-likeness (QED) is 0.0247. The summed E-state index contributed by atoms with van der Waals surface area (Å²) >= 11 is 0. The standard InChI is InChI=1S/C24H28O4.C21H24O4.C19H20O4/c1-15(2)5-10-19-18(9-7-17-8-12-21(25)23(27)13-17)14-22(26)20(24(19)28)11-6-16(3)4;1-14(2)4-8-19-16(11-18(23)12-17(19)13-22)7-5-15-6-9-20(24)21(10-15)25-3;1-12(2)3-7-16-14(10-15(20)11-18(16)22)6-4-13-5-8-17(21)19(23)9-13/h5-9,12-14,25-28H,10-11H2,1-4H3;4-7,9-12,22-24H,8,13H2,1-3H3;3-6,8-11,20-23H,7H2,1-2H3/b9-7+;7-5+;6-4+. The van der Waals surface area contributed by atoms with Gasteiger partial charge in [-0.3, -0.25) is 0 Å². The van der Waals surface area contributed by atoms with E-state index in [2.05, 4.69) is 6.08 Å². The average Bonchev–Trinajstić information content (AvgIpc) is 3.35. The zero-order valence-electron chi connectivity index (χ0n) is 44.7. The highest BCUT2D eigenvalue weighted by Gasteiger charge is 2.16. The van der Waals surface area contributed by atoms with Crippen molar-refractivity contribution >= 4 is 36.5 Å². The first kappa shape index (κ1) is 59.8. The Balaban J connectivity index is 0.000000248. The van der Waals surface area contributed by atoms with Crippen LogP contribution in [-0.2, 0) is 32.3 Å². The number of rotatable bonds is 16. The summed E-state index contributed by atoms with van der Waals surface area (Å²) in [7, 11) is 1.50. The Morgan fingerprint density at radius 1 is 0.368 bits per heavy atom. The number of aliphatic hydroxyl groups excluding tert-OH is 1. The van der Waals surface area contributed by atoms with Gasteiger partial charge in [-0.15, -0.1) is 0 Å². The fraction of sp³-hybridized carbons (Fsp3) is 0.219. The molecule has 11 N–H and O–H groups in total. The summed E-state index contributed by atoms with van der Waals surface area (Å²) < 4.78 is 5.12. The molecule has 0 aromatic heterocycles. The molecular formula is C64H72O12. The number of phenols is 10. The first-order valence-corrected chi connectivity index (χ1v) is 24.6. The van der Waals surface area contributed by atoms with Crippen LogP contribution in [0.3, 0.4) is 0 Å². The number of allylic oxidation sites excluding steroid dienone is 8. The van der Waals surface area contributed by atoms with Crippen LogP contribution in [0.15, 0.2) is 132 Å². The molecule has 0 bridgehead atoms. The molecule has 0 spiro atoms. The van der Waals surface area contributed by atoms with Crippen molar-refractivity contribution in [1.82, 2.24) is 0 Å². The van der Waals surface area contributed by atoms with Crippen LogP contribution in [0.4, 0.5) is 0 Å². The highest BCUT2D eigenvalue weighted by atomic mass is 16.5. The van der Waals surface area contributed by atoms with Crippen LogP contribution in [0.2, 0.25) is 0 Å².